The van der Waals surface area contributed by atoms with Crippen molar-refractivity contribution in [2.45, 2.75) is 38.8 Å². The maximum atomic E-state index is 11.5. The number of hydrogen-bond donors (Lipinski definition) is 2. The molecule has 4 heteroatoms. The van der Waals surface area contributed by atoms with Gasteiger partial charge in [0.15, 0.2) is 0 Å². The van der Waals surface area contributed by atoms with E-state index in [0.29, 0.717) is 12.1 Å². The summed E-state index contributed by atoms with van der Waals surface area (Å²) < 4.78 is 0. The van der Waals surface area contributed by atoms with Gasteiger partial charge in [-0.15, -0.1) is 0 Å². The number of carboxylic acid groups (broad SMARTS) is 1. The Hall–Kier alpha value is -2.85. The number of benzene rings is 2. The second kappa shape index (κ2) is 9.38. The number of allylic oxidation sites excluding steroid dienone is 3. The molecule has 0 radical (unpaired) electrons. The molecule has 0 bridgehead atoms. The van der Waals surface area contributed by atoms with Gasteiger partial charge < -0.3 is 15.7 Å². The number of aromatic carboxylic acids is 1. The lowest BCUT2D eigenvalue weighted by molar-refractivity contribution is 0.0697. The van der Waals surface area contributed by atoms with Gasteiger partial charge in [0.25, 0.3) is 0 Å². The lowest BCUT2D eigenvalue weighted by Gasteiger charge is -2.35. The number of hydrogen-bond acceptors (Lipinski definition) is 3. The molecule has 0 spiro atoms. The molecule has 0 fully saturated rings. The minimum atomic E-state index is -0.906. The van der Waals surface area contributed by atoms with Crippen molar-refractivity contribution in [2.75, 3.05) is 6.54 Å². The van der Waals surface area contributed by atoms with Crippen LogP contribution in [0.15, 0.2) is 72.5 Å². The highest BCUT2D eigenvalue weighted by atomic mass is 16.4. The zero-order valence-corrected chi connectivity index (χ0v) is 16.3. The SMILES string of the molecule is CCCCC1=CC=CC(CN)N1Cc1ccc(-c2ccccc2C(=O)O)cc1. The van der Waals surface area contributed by atoms with Crippen LogP contribution in [0, 0.1) is 0 Å². The largest absolute Gasteiger partial charge is 0.478 e. The number of unbranched alkanes of at least 4 members (excludes halogenated alkanes) is 1. The number of nitrogens with two attached hydrogens (primary N) is 1. The van der Waals surface area contributed by atoms with Crippen LogP contribution in [0.3, 0.4) is 0 Å². The average molecular weight is 377 g/mol. The van der Waals surface area contributed by atoms with Gasteiger partial charge in [-0.1, -0.05) is 68.0 Å². The first-order valence-corrected chi connectivity index (χ1v) is 9.89. The van der Waals surface area contributed by atoms with Crippen LogP contribution in [-0.2, 0) is 6.54 Å². The molecule has 2 aromatic rings. The van der Waals surface area contributed by atoms with Gasteiger partial charge in [0.05, 0.1) is 11.6 Å². The summed E-state index contributed by atoms with van der Waals surface area (Å²) >= 11 is 0. The maximum absolute atomic E-state index is 11.5. The first kappa shape index (κ1) is 19.9. The van der Waals surface area contributed by atoms with Crippen molar-refractivity contribution < 1.29 is 9.90 Å². The fourth-order valence-electron chi connectivity index (χ4n) is 3.62. The number of rotatable bonds is 8. The smallest absolute Gasteiger partial charge is 0.336 e. The van der Waals surface area contributed by atoms with Gasteiger partial charge >= 0.3 is 5.97 Å². The summed E-state index contributed by atoms with van der Waals surface area (Å²) in [5, 5.41) is 9.42. The fraction of sp³-hybridized carbons (Fsp3) is 0.292. The van der Waals surface area contributed by atoms with Crippen LogP contribution in [0.2, 0.25) is 0 Å². The molecular formula is C24H28N2O2. The normalized spacial score (nSPS) is 16.1. The third-order valence-corrected chi connectivity index (χ3v) is 5.19. The zero-order valence-electron chi connectivity index (χ0n) is 16.3. The summed E-state index contributed by atoms with van der Waals surface area (Å²) in [6.07, 6.45) is 9.86. The molecule has 3 N–H and O–H groups in total. The molecule has 1 aliphatic rings. The molecule has 146 valence electrons. The highest BCUT2D eigenvalue weighted by molar-refractivity contribution is 5.95. The van der Waals surface area contributed by atoms with Crippen LogP contribution in [0.4, 0.5) is 0 Å². The van der Waals surface area contributed by atoms with Crippen LogP contribution in [-0.4, -0.2) is 28.6 Å². The van der Waals surface area contributed by atoms with E-state index in [4.69, 9.17) is 5.73 Å². The van der Waals surface area contributed by atoms with Crippen LogP contribution in [0.5, 0.6) is 0 Å². The van der Waals surface area contributed by atoms with Gasteiger partial charge in [-0.2, -0.15) is 0 Å². The van der Waals surface area contributed by atoms with Crippen molar-refractivity contribution in [3.63, 3.8) is 0 Å². The topological polar surface area (TPSA) is 66.6 Å². The van der Waals surface area contributed by atoms with E-state index in [1.165, 1.54) is 24.1 Å². The molecule has 1 aliphatic heterocycles. The first-order valence-electron chi connectivity index (χ1n) is 9.89. The average Bonchev–Trinajstić information content (AvgIpc) is 2.73. The molecule has 0 aromatic heterocycles. The summed E-state index contributed by atoms with van der Waals surface area (Å²) in [4.78, 5) is 13.9. The van der Waals surface area contributed by atoms with E-state index in [1.54, 1.807) is 12.1 Å². The maximum Gasteiger partial charge on any atom is 0.336 e. The monoisotopic (exact) mass is 376 g/mol. The fourth-order valence-corrected chi connectivity index (χ4v) is 3.62. The van der Waals surface area contributed by atoms with E-state index in [2.05, 4.69) is 42.2 Å². The van der Waals surface area contributed by atoms with Crippen LogP contribution in [0.25, 0.3) is 11.1 Å². The third-order valence-electron chi connectivity index (χ3n) is 5.19. The molecular weight excluding hydrogens is 348 g/mol. The number of carbonyl (C=O) groups is 1. The molecule has 28 heavy (non-hydrogen) atoms. The predicted octanol–water partition coefficient (Wildman–Crippen LogP) is 4.83. The predicted molar refractivity (Wildman–Crippen MR) is 114 cm³/mol. The summed E-state index contributed by atoms with van der Waals surface area (Å²) in [7, 11) is 0. The Morgan fingerprint density at radius 1 is 1.14 bits per heavy atom. The molecule has 1 atom stereocenters. The molecule has 1 heterocycles. The Morgan fingerprint density at radius 3 is 2.57 bits per heavy atom. The first-order chi connectivity index (χ1) is 13.6. The van der Waals surface area contributed by atoms with E-state index >= 15 is 0 Å². The van der Waals surface area contributed by atoms with Crippen LogP contribution in [0.1, 0.15) is 42.1 Å². The molecule has 0 saturated carbocycles. The zero-order chi connectivity index (χ0) is 19.9. The van der Waals surface area contributed by atoms with Gasteiger partial charge in [0.2, 0.25) is 0 Å². The number of nitrogens with zero attached hydrogens (tertiary/aromatic N) is 1. The van der Waals surface area contributed by atoms with Crippen molar-refractivity contribution in [1.82, 2.24) is 4.90 Å². The lowest BCUT2D eigenvalue weighted by atomic mass is 9.98. The Labute approximate surface area is 167 Å². The molecule has 2 aromatic carbocycles. The Morgan fingerprint density at radius 2 is 1.89 bits per heavy atom. The standard InChI is InChI=1S/C24H28N2O2/c1-2-3-7-20-8-6-9-21(16-25)26(20)17-18-12-14-19(15-13-18)22-10-4-5-11-23(22)24(27)28/h4-6,8-15,21H,2-3,7,16-17,25H2,1H3,(H,27,28). The van der Waals surface area contributed by atoms with Crippen LogP contribution < -0.4 is 5.73 Å². The van der Waals surface area contributed by atoms with E-state index in [1.807, 2.05) is 24.3 Å². The van der Waals surface area contributed by atoms with E-state index in [0.717, 1.165) is 24.1 Å². The third kappa shape index (κ3) is 4.52. The van der Waals surface area contributed by atoms with Gasteiger partial charge in [0.1, 0.15) is 0 Å². The Balaban J connectivity index is 1.81. The summed E-state index contributed by atoms with van der Waals surface area (Å²) in [6, 6.07) is 15.5. The summed E-state index contributed by atoms with van der Waals surface area (Å²) in [5.74, 6) is -0.906. The second-order valence-electron chi connectivity index (χ2n) is 7.13. The van der Waals surface area contributed by atoms with Gasteiger partial charge in [-0.05, 0) is 41.7 Å². The Bertz CT molecular complexity index is 868. The minimum absolute atomic E-state index is 0.212. The Kier molecular flexibility index (Phi) is 6.66. The van der Waals surface area contributed by atoms with E-state index < -0.39 is 5.97 Å². The molecule has 4 nitrogen and oxygen atoms in total. The van der Waals surface area contributed by atoms with Crippen molar-refractivity contribution in [3.05, 3.63) is 83.6 Å². The lowest BCUT2D eigenvalue weighted by Crippen LogP contribution is -2.39. The van der Waals surface area contributed by atoms with E-state index in [9.17, 15) is 9.90 Å². The number of carboxylic acids is 1. The second-order valence-corrected chi connectivity index (χ2v) is 7.13. The van der Waals surface area contributed by atoms with Gasteiger partial charge in [-0.3, -0.25) is 0 Å². The molecule has 0 aliphatic carbocycles. The van der Waals surface area contributed by atoms with Crippen molar-refractivity contribution in [2.24, 2.45) is 5.73 Å². The highest BCUT2D eigenvalue weighted by Gasteiger charge is 2.20. The van der Waals surface area contributed by atoms with Gasteiger partial charge in [0, 0.05) is 18.8 Å². The molecule has 1 unspecified atom stereocenters. The van der Waals surface area contributed by atoms with Crippen molar-refractivity contribution >= 4 is 5.97 Å². The molecule has 0 saturated heterocycles. The molecule has 3 rings (SSSR count). The van der Waals surface area contributed by atoms with E-state index in [-0.39, 0.29) is 6.04 Å². The summed E-state index contributed by atoms with van der Waals surface area (Å²) in [6.45, 7) is 3.59. The van der Waals surface area contributed by atoms with Crippen molar-refractivity contribution in [3.8, 4) is 11.1 Å². The van der Waals surface area contributed by atoms with Crippen molar-refractivity contribution in [1.29, 1.82) is 0 Å². The van der Waals surface area contributed by atoms with Gasteiger partial charge in [-0.25, -0.2) is 4.79 Å². The summed E-state index contributed by atoms with van der Waals surface area (Å²) in [5.41, 5.74) is 10.5. The van der Waals surface area contributed by atoms with Crippen LogP contribution >= 0.6 is 0 Å². The quantitative estimate of drug-likeness (QED) is 0.693. The molecule has 0 amide bonds. The highest BCUT2D eigenvalue weighted by Crippen LogP contribution is 2.27. The minimum Gasteiger partial charge on any atom is -0.478 e.